The van der Waals surface area contributed by atoms with Crippen LogP contribution in [0.25, 0.3) is 11.1 Å². The van der Waals surface area contributed by atoms with Crippen molar-refractivity contribution in [2.24, 2.45) is 0 Å². The Morgan fingerprint density at radius 3 is 2.77 bits per heavy atom. The van der Waals surface area contributed by atoms with E-state index in [9.17, 15) is 4.39 Å². The molecule has 0 saturated heterocycles. The standard InChI is InChI=1S/C22H24FNO2/c1-3-4-5-12-21-24-18(14-25-21)15-26-22-19(10-7-11-20(22)23)17-9-6-8-16(2)13-17/h6-11,13-14H,3-5,12,15H2,1-2H3. The molecule has 0 bridgehead atoms. The number of oxazole rings is 1. The van der Waals surface area contributed by atoms with Crippen LogP contribution >= 0.6 is 0 Å². The second kappa shape index (κ2) is 8.65. The number of halogens is 1. The monoisotopic (exact) mass is 353 g/mol. The van der Waals surface area contributed by atoms with Gasteiger partial charge in [-0.25, -0.2) is 9.37 Å². The lowest BCUT2D eigenvalue weighted by Gasteiger charge is -2.12. The molecule has 0 spiro atoms. The Morgan fingerprint density at radius 2 is 1.96 bits per heavy atom. The second-order valence-electron chi connectivity index (χ2n) is 6.46. The maximum Gasteiger partial charge on any atom is 0.194 e. The van der Waals surface area contributed by atoms with Gasteiger partial charge in [-0.3, -0.25) is 0 Å². The average Bonchev–Trinajstić information content (AvgIpc) is 3.08. The molecule has 1 heterocycles. The molecule has 3 rings (SSSR count). The van der Waals surface area contributed by atoms with E-state index in [4.69, 9.17) is 9.15 Å². The van der Waals surface area contributed by atoms with Crippen LogP contribution in [0.15, 0.2) is 53.1 Å². The summed E-state index contributed by atoms with van der Waals surface area (Å²) in [7, 11) is 0. The number of benzene rings is 2. The van der Waals surface area contributed by atoms with Crippen LogP contribution in [0.2, 0.25) is 0 Å². The van der Waals surface area contributed by atoms with Crippen molar-refractivity contribution < 1.29 is 13.5 Å². The summed E-state index contributed by atoms with van der Waals surface area (Å²) in [6.07, 6.45) is 5.79. The molecule has 0 aliphatic heterocycles. The van der Waals surface area contributed by atoms with Crippen LogP contribution in [0.3, 0.4) is 0 Å². The van der Waals surface area contributed by atoms with Crippen LogP contribution in [-0.2, 0) is 13.0 Å². The van der Waals surface area contributed by atoms with Gasteiger partial charge in [-0.15, -0.1) is 0 Å². The largest absolute Gasteiger partial charge is 0.483 e. The Labute approximate surface area is 153 Å². The topological polar surface area (TPSA) is 35.3 Å². The zero-order chi connectivity index (χ0) is 18.4. The third-order valence-corrected chi connectivity index (χ3v) is 4.25. The molecule has 0 unspecified atom stereocenters. The molecule has 3 nitrogen and oxygen atoms in total. The molecule has 2 aromatic carbocycles. The normalized spacial score (nSPS) is 10.9. The smallest absolute Gasteiger partial charge is 0.194 e. The fraction of sp³-hybridized carbons (Fsp3) is 0.318. The molecule has 0 saturated carbocycles. The van der Waals surface area contributed by atoms with E-state index in [2.05, 4.69) is 11.9 Å². The zero-order valence-electron chi connectivity index (χ0n) is 15.3. The summed E-state index contributed by atoms with van der Waals surface area (Å²) >= 11 is 0. The molecule has 0 atom stereocenters. The number of rotatable bonds is 8. The summed E-state index contributed by atoms with van der Waals surface area (Å²) in [5, 5.41) is 0. The first kappa shape index (κ1) is 18.2. The summed E-state index contributed by atoms with van der Waals surface area (Å²) in [6, 6.07) is 12.9. The molecule has 0 aliphatic rings. The van der Waals surface area contributed by atoms with E-state index in [0.717, 1.165) is 42.4 Å². The lowest BCUT2D eigenvalue weighted by atomic mass is 10.0. The van der Waals surface area contributed by atoms with Crippen molar-refractivity contribution in [1.29, 1.82) is 0 Å². The van der Waals surface area contributed by atoms with Crippen molar-refractivity contribution in [3.05, 3.63) is 71.7 Å². The molecule has 4 heteroatoms. The Bertz CT molecular complexity index is 857. The first-order valence-corrected chi connectivity index (χ1v) is 9.09. The molecule has 0 aliphatic carbocycles. The lowest BCUT2D eigenvalue weighted by Crippen LogP contribution is -2.00. The first-order chi connectivity index (χ1) is 12.7. The van der Waals surface area contributed by atoms with Gasteiger partial charge in [0.15, 0.2) is 17.5 Å². The van der Waals surface area contributed by atoms with E-state index in [-0.39, 0.29) is 18.2 Å². The molecule has 136 valence electrons. The van der Waals surface area contributed by atoms with Crippen molar-refractivity contribution in [2.45, 2.75) is 46.1 Å². The molecule has 0 radical (unpaired) electrons. The van der Waals surface area contributed by atoms with Crippen molar-refractivity contribution >= 4 is 0 Å². The van der Waals surface area contributed by atoms with Crippen molar-refractivity contribution in [2.75, 3.05) is 0 Å². The van der Waals surface area contributed by atoms with Crippen LogP contribution in [-0.4, -0.2) is 4.98 Å². The number of hydrogen-bond acceptors (Lipinski definition) is 3. The van der Waals surface area contributed by atoms with Crippen LogP contribution in [0, 0.1) is 12.7 Å². The zero-order valence-corrected chi connectivity index (χ0v) is 15.3. The van der Waals surface area contributed by atoms with E-state index in [0.29, 0.717) is 11.6 Å². The summed E-state index contributed by atoms with van der Waals surface area (Å²) in [5.41, 5.74) is 3.46. The van der Waals surface area contributed by atoms with Gasteiger partial charge in [0.05, 0.1) is 0 Å². The van der Waals surface area contributed by atoms with E-state index in [1.165, 1.54) is 6.07 Å². The lowest BCUT2D eigenvalue weighted by molar-refractivity contribution is 0.287. The Balaban J connectivity index is 1.74. The fourth-order valence-electron chi connectivity index (χ4n) is 2.90. The number of aryl methyl sites for hydroxylation is 2. The van der Waals surface area contributed by atoms with Gasteiger partial charge in [0, 0.05) is 12.0 Å². The van der Waals surface area contributed by atoms with Gasteiger partial charge in [0.2, 0.25) is 0 Å². The van der Waals surface area contributed by atoms with Gasteiger partial charge in [0.25, 0.3) is 0 Å². The highest BCUT2D eigenvalue weighted by atomic mass is 19.1. The number of aromatic nitrogens is 1. The predicted octanol–water partition coefficient (Wildman–Crippen LogP) is 6.10. The van der Waals surface area contributed by atoms with E-state index < -0.39 is 0 Å². The maximum atomic E-state index is 14.4. The summed E-state index contributed by atoms with van der Waals surface area (Å²) in [5.74, 6) is 0.578. The first-order valence-electron chi connectivity index (χ1n) is 9.09. The maximum absolute atomic E-state index is 14.4. The Hall–Kier alpha value is -2.62. The summed E-state index contributed by atoms with van der Waals surface area (Å²) in [6.45, 7) is 4.35. The summed E-state index contributed by atoms with van der Waals surface area (Å²) in [4.78, 5) is 4.43. The SMILES string of the molecule is CCCCCc1nc(COc2c(F)cccc2-c2cccc(C)c2)co1. The van der Waals surface area contributed by atoms with Gasteiger partial charge in [-0.2, -0.15) is 0 Å². The molecular weight excluding hydrogens is 329 g/mol. The van der Waals surface area contributed by atoms with Crippen molar-refractivity contribution in [3.8, 4) is 16.9 Å². The minimum absolute atomic E-state index is 0.178. The highest BCUT2D eigenvalue weighted by Crippen LogP contribution is 2.33. The van der Waals surface area contributed by atoms with Gasteiger partial charge < -0.3 is 9.15 Å². The molecule has 1 aromatic heterocycles. The quantitative estimate of drug-likeness (QED) is 0.459. The number of hydrogen-bond donors (Lipinski definition) is 0. The Kier molecular flexibility index (Phi) is 6.05. The van der Waals surface area contributed by atoms with E-state index in [1.54, 1.807) is 12.3 Å². The highest BCUT2D eigenvalue weighted by molar-refractivity contribution is 5.71. The molecule has 0 amide bonds. The molecule has 0 fully saturated rings. The highest BCUT2D eigenvalue weighted by Gasteiger charge is 2.13. The summed E-state index contributed by atoms with van der Waals surface area (Å²) < 4.78 is 25.6. The van der Waals surface area contributed by atoms with Gasteiger partial charge >= 0.3 is 0 Å². The fourth-order valence-corrected chi connectivity index (χ4v) is 2.90. The molecule has 26 heavy (non-hydrogen) atoms. The minimum atomic E-state index is -0.379. The van der Waals surface area contributed by atoms with Crippen LogP contribution in [0.4, 0.5) is 4.39 Å². The average molecular weight is 353 g/mol. The number of para-hydroxylation sites is 1. The van der Waals surface area contributed by atoms with E-state index in [1.807, 2.05) is 37.3 Å². The van der Waals surface area contributed by atoms with Gasteiger partial charge in [0.1, 0.15) is 18.6 Å². The third kappa shape index (κ3) is 4.51. The van der Waals surface area contributed by atoms with Crippen molar-refractivity contribution in [1.82, 2.24) is 4.98 Å². The van der Waals surface area contributed by atoms with E-state index >= 15 is 0 Å². The van der Waals surface area contributed by atoms with Crippen molar-refractivity contribution in [3.63, 3.8) is 0 Å². The van der Waals surface area contributed by atoms with Crippen LogP contribution in [0.1, 0.15) is 43.3 Å². The van der Waals surface area contributed by atoms with Gasteiger partial charge in [-0.1, -0.05) is 61.7 Å². The number of nitrogens with zero attached hydrogens (tertiary/aromatic N) is 1. The molecular formula is C22H24FNO2. The minimum Gasteiger partial charge on any atom is -0.483 e. The second-order valence-corrected chi connectivity index (χ2v) is 6.46. The number of unbranched alkanes of at least 4 members (excludes halogenated alkanes) is 2. The Morgan fingerprint density at radius 1 is 1.12 bits per heavy atom. The van der Waals surface area contributed by atoms with Crippen LogP contribution in [0.5, 0.6) is 5.75 Å². The van der Waals surface area contributed by atoms with Gasteiger partial charge in [-0.05, 0) is 25.0 Å². The molecule has 0 N–H and O–H groups in total. The predicted molar refractivity (Wildman–Crippen MR) is 101 cm³/mol. The molecule has 3 aromatic rings. The van der Waals surface area contributed by atoms with Crippen LogP contribution < -0.4 is 4.74 Å². The number of ether oxygens (including phenoxy) is 1. The third-order valence-electron chi connectivity index (χ3n) is 4.25.